The maximum Gasteiger partial charge on any atom is 0.306 e. The van der Waals surface area contributed by atoms with Gasteiger partial charge in [-0.3, -0.25) is 4.79 Å². The van der Waals surface area contributed by atoms with E-state index >= 15 is 0 Å². The molecule has 1 unspecified atom stereocenters. The molecule has 1 atom stereocenters. The summed E-state index contributed by atoms with van der Waals surface area (Å²) in [5.41, 5.74) is -0.436. The molecule has 0 saturated carbocycles. The number of para-hydroxylation sites is 1. The van der Waals surface area contributed by atoms with Crippen molar-refractivity contribution in [1.82, 2.24) is 0 Å². The molecule has 0 heterocycles. The minimum absolute atomic E-state index is 0.182. The third-order valence-corrected chi connectivity index (χ3v) is 2.76. The van der Waals surface area contributed by atoms with Crippen LogP contribution in [0.4, 0.5) is 5.69 Å². The summed E-state index contributed by atoms with van der Waals surface area (Å²) in [5, 5.41) is 21.4. The molecule has 16 heavy (non-hydrogen) atoms. The topological polar surface area (TPSA) is 69.6 Å². The molecule has 0 radical (unpaired) electrons. The Hall–Kier alpha value is -1.07. The van der Waals surface area contributed by atoms with Crippen LogP contribution in [0, 0.1) is 0 Å². The van der Waals surface area contributed by atoms with Crippen molar-refractivity contribution in [2.24, 2.45) is 0 Å². The van der Waals surface area contributed by atoms with Gasteiger partial charge in [0.05, 0.1) is 12.0 Å². The Morgan fingerprint density at radius 3 is 2.69 bits per heavy atom. The molecule has 0 saturated heterocycles. The van der Waals surface area contributed by atoms with Crippen LogP contribution >= 0.6 is 15.9 Å². The summed E-state index contributed by atoms with van der Waals surface area (Å²) in [7, 11) is 0. The van der Waals surface area contributed by atoms with Crippen molar-refractivity contribution >= 4 is 27.6 Å². The maximum absolute atomic E-state index is 10.5. The van der Waals surface area contributed by atoms with Gasteiger partial charge in [0.25, 0.3) is 0 Å². The predicted molar refractivity (Wildman–Crippen MR) is 65.5 cm³/mol. The lowest BCUT2D eigenvalue weighted by atomic mass is 10.0. The van der Waals surface area contributed by atoms with Crippen LogP contribution in [0.3, 0.4) is 0 Å². The highest BCUT2D eigenvalue weighted by Crippen LogP contribution is 2.22. The minimum atomic E-state index is -1.26. The number of aliphatic carboxylic acids is 1. The smallest absolute Gasteiger partial charge is 0.306 e. The highest BCUT2D eigenvalue weighted by Gasteiger charge is 2.23. The fraction of sp³-hybridized carbons (Fsp3) is 0.364. The molecular formula is C11H14BrNO3. The Balaban J connectivity index is 2.57. The van der Waals surface area contributed by atoms with Crippen LogP contribution in [0.2, 0.25) is 0 Å². The molecule has 0 aromatic heterocycles. The van der Waals surface area contributed by atoms with Gasteiger partial charge in [-0.2, -0.15) is 0 Å². The van der Waals surface area contributed by atoms with Crippen LogP contribution in [0.25, 0.3) is 0 Å². The summed E-state index contributed by atoms with van der Waals surface area (Å²) in [6.45, 7) is 1.67. The zero-order valence-electron chi connectivity index (χ0n) is 8.90. The van der Waals surface area contributed by atoms with E-state index in [9.17, 15) is 9.90 Å². The summed E-state index contributed by atoms with van der Waals surface area (Å²) < 4.78 is 0.876. The normalized spacial score (nSPS) is 14.2. The number of anilines is 1. The van der Waals surface area contributed by atoms with Crippen LogP contribution in [0.5, 0.6) is 0 Å². The highest BCUT2D eigenvalue weighted by molar-refractivity contribution is 9.10. The number of benzene rings is 1. The van der Waals surface area contributed by atoms with Crippen molar-refractivity contribution in [3.05, 3.63) is 28.7 Å². The van der Waals surface area contributed by atoms with E-state index < -0.39 is 11.6 Å². The molecule has 1 rings (SSSR count). The van der Waals surface area contributed by atoms with Gasteiger partial charge in [0.15, 0.2) is 0 Å². The van der Waals surface area contributed by atoms with Crippen molar-refractivity contribution in [3.8, 4) is 0 Å². The molecule has 0 fully saturated rings. The van der Waals surface area contributed by atoms with E-state index in [2.05, 4.69) is 21.2 Å². The lowest BCUT2D eigenvalue weighted by molar-refractivity contribution is -0.141. The average Bonchev–Trinajstić information content (AvgIpc) is 2.14. The van der Waals surface area contributed by atoms with E-state index in [0.717, 1.165) is 10.2 Å². The Morgan fingerprint density at radius 2 is 2.12 bits per heavy atom. The number of hydrogen-bond donors (Lipinski definition) is 3. The standard InChI is InChI=1S/C11H14BrNO3/c1-11(16,6-10(14)15)7-13-9-5-3-2-4-8(9)12/h2-5,13,16H,6-7H2,1H3,(H,14,15). The second kappa shape index (κ2) is 5.32. The predicted octanol–water partition coefficient (Wildman–Crippen LogP) is 2.09. The Labute approximate surface area is 102 Å². The van der Waals surface area contributed by atoms with Crippen molar-refractivity contribution in [1.29, 1.82) is 0 Å². The Kier molecular flexibility index (Phi) is 4.32. The number of aliphatic hydroxyl groups is 1. The van der Waals surface area contributed by atoms with Crippen LogP contribution < -0.4 is 5.32 Å². The summed E-state index contributed by atoms with van der Waals surface area (Å²) in [6, 6.07) is 7.46. The molecule has 0 aliphatic rings. The average molecular weight is 288 g/mol. The van der Waals surface area contributed by atoms with E-state index in [1.54, 1.807) is 0 Å². The van der Waals surface area contributed by atoms with Crippen LogP contribution in [0.1, 0.15) is 13.3 Å². The Morgan fingerprint density at radius 1 is 1.50 bits per heavy atom. The van der Waals surface area contributed by atoms with Crippen molar-refractivity contribution in [2.75, 3.05) is 11.9 Å². The van der Waals surface area contributed by atoms with Crippen LogP contribution in [-0.4, -0.2) is 28.3 Å². The lowest BCUT2D eigenvalue weighted by Gasteiger charge is -2.22. The number of halogens is 1. The first-order valence-corrected chi connectivity index (χ1v) is 5.62. The van der Waals surface area contributed by atoms with Crippen LogP contribution in [-0.2, 0) is 4.79 Å². The third-order valence-electron chi connectivity index (χ3n) is 2.07. The molecule has 1 aromatic rings. The highest BCUT2D eigenvalue weighted by atomic mass is 79.9. The van der Waals surface area contributed by atoms with E-state index in [1.807, 2.05) is 24.3 Å². The van der Waals surface area contributed by atoms with E-state index in [0.29, 0.717) is 0 Å². The fourth-order valence-electron chi connectivity index (χ4n) is 1.28. The monoisotopic (exact) mass is 287 g/mol. The molecule has 88 valence electrons. The number of rotatable bonds is 5. The van der Waals surface area contributed by atoms with Gasteiger partial charge in [-0.1, -0.05) is 12.1 Å². The lowest BCUT2D eigenvalue weighted by Crippen LogP contribution is -2.35. The quantitative estimate of drug-likeness (QED) is 0.776. The Bertz CT molecular complexity index is 379. The fourth-order valence-corrected chi connectivity index (χ4v) is 1.70. The van der Waals surface area contributed by atoms with Crippen molar-refractivity contribution in [3.63, 3.8) is 0 Å². The molecule has 0 spiro atoms. The third kappa shape index (κ3) is 4.20. The number of nitrogens with one attached hydrogen (secondary N) is 1. The molecule has 3 N–H and O–H groups in total. The minimum Gasteiger partial charge on any atom is -0.481 e. The second-order valence-electron chi connectivity index (χ2n) is 3.90. The largest absolute Gasteiger partial charge is 0.481 e. The molecule has 0 aliphatic carbocycles. The molecule has 4 nitrogen and oxygen atoms in total. The van der Waals surface area contributed by atoms with E-state index in [1.165, 1.54) is 6.92 Å². The second-order valence-corrected chi connectivity index (χ2v) is 4.76. The molecule has 0 aliphatic heterocycles. The molecule has 0 bridgehead atoms. The molecule has 1 aromatic carbocycles. The summed E-state index contributed by atoms with van der Waals surface area (Å²) in [4.78, 5) is 10.5. The molecule has 0 amide bonds. The van der Waals surface area contributed by atoms with Crippen molar-refractivity contribution < 1.29 is 15.0 Å². The SMILES string of the molecule is CC(O)(CNc1ccccc1Br)CC(=O)O. The van der Waals surface area contributed by atoms with Gasteiger partial charge in [-0.05, 0) is 35.0 Å². The molecular weight excluding hydrogens is 274 g/mol. The summed E-state index contributed by atoms with van der Waals surface area (Å²) >= 11 is 3.35. The molecule has 5 heteroatoms. The van der Waals surface area contributed by atoms with Gasteiger partial charge in [0, 0.05) is 16.7 Å². The number of carboxylic acids is 1. The van der Waals surface area contributed by atoms with Gasteiger partial charge in [0.1, 0.15) is 0 Å². The summed E-state index contributed by atoms with van der Waals surface area (Å²) in [5.74, 6) is -1.01. The van der Waals surface area contributed by atoms with Gasteiger partial charge in [-0.25, -0.2) is 0 Å². The first-order chi connectivity index (χ1) is 7.41. The van der Waals surface area contributed by atoms with Gasteiger partial charge in [-0.15, -0.1) is 0 Å². The van der Waals surface area contributed by atoms with Gasteiger partial charge >= 0.3 is 5.97 Å². The van der Waals surface area contributed by atoms with Gasteiger partial charge in [0.2, 0.25) is 0 Å². The van der Waals surface area contributed by atoms with Gasteiger partial charge < -0.3 is 15.5 Å². The maximum atomic E-state index is 10.5. The van der Waals surface area contributed by atoms with E-state index in [-0.39, 0.29) is 13.0 Å². The zero-order valence-corrected chi connectivity index (χ0v) is 10.5. The van der Waals surface area contributed by atoms with Crippen LogP contribution in [0.15, 0.2) is 28.7 Å². The summed E-state index contributed by atoms with van der Waals surface area (Å²) in [6.07, 6.45) is -0.287. The first kappa shape index (κ1) is 13.0. The number of carboxylic acid groups (broad SMARTS) is 1. The number of hydrogen-bond acceptors (Lipinski definition) is 3. The van der Waals surface area contributed by atoms with E-state index in [4.69, 9.17) is 5.11 Å². The zero-order chi connectivity index (χ0) is 12.2. The first-order valence-electron chi connectivity index (χ1n) is 4.83. The number of carbonyl (C=O) groups is 1. The van der Waals surface area contributed by atoms with Crippen molar-refractivity contribution in [2.45, 2.75) is 18.9 Å².